The van der Waals surface area contributed by atoms with Gasteiger partial charge in [0.15, 0.2) is 0 Å². The fourth-order valence-electron chi connectivity index (χ4n) is 4.33. The number of carbonyl (C=O) groups is 1. The number of aryl methyl sites for hydroxylation is 1. The lowest BCUT2D eigenvalue weighted by Crippen LogP contribution is -2.33. The number of pyridine rings is 1. The average molecular weight is 449 g/mol. The Morgan fingerprint density at radius 3 is 2.77 bits per heavy atom. The van der Waals surface area contributed by atoms with Gasteiger partial charge in [-0.1, -0.05) is 17.7 Å². The SMILES string of the molecule is Cc1cnncc1-c1cc(N2C(=O)C(Cc3ccc(Cl)nc3C(F)(F)F)C3CC32)[nH]n1. The largest absolute Gasteiger partial charge is 0.433 e. The second kappa shape index (κ2) is 7.01. The van der Waals surface area contributed by atoms with E-state index in [1.807, 2.05) is 6.92 Å². The Balaban J connectivity index is 1.41. The van der Waals surface area contributed by atoms with Gasteiger partial charge in [0.05, 0.1) is 18.1 Å². The first-order valence-electron chi connectivity index (χ1n) is 9.63. The molecular weight excluding hydrogens is 433 g/mol. The topological polar surface area (TPSA) is 87.7 Å². The molecule has 0 spiro atoms. The highest BCUT2D eigenvalue weighted by molar-refractivity contribution is 6.29. The molecule has 3 aromatic rings. The van der Waals surface area contributed by atoms with E-state index in [-0.39, 0.29) is 35.0 Å². The Hall–Kier alpha value is -3.01. The van der Waals surface area contributed by atoms with Gasteiger partial charge in [0.1, 0.15) is 16.7 Å². The monoisotopic (exact) mass is 448 g/mol. The van der Waals surface area contributed by atoms with Crippen LogP contribution < -0.4 is 4.90 Å². The van der Waals surface area contributed by atoms with Crippen LogP contribution in [0.1, 0.15) is 23.2 Å². The third-order valence-electron chi connectivity index (χ3n) is 5.89. The predicted octanol–water partition coefficient (Wildman–Crippen LogP) is 3.84. The first-order valence-corrected chi connectivity index (χ1v) is 10.0. The van der Waals surface area contributed by atoms with Crippen LogP contribution in [-0.2, 0) is 17.4 Å². The number of aromatic nitrogens is 5. The molecule has 3 atom stereocenters. The Bertz CT molecular complexity index is 1180. The lowest BCUT2D eigenvalue weighted by atomic mass is 9.94. The summed E-state index contributed by atoms with van der Waals surface area (Å²) < 4.78 is 40.2. The van der Waals surface area contributed by atoms with Gasteiger partial charge in [-0.25, -0.2) is 4.98 Å². The number of fused-ring (bicyclic) bond motifs is 1. The van der Waals surface area contributed by atoms with Gasteiger partial charge in [0.2, 0.25) is 5.91 Å². The average Bonchev–Trinajstić information content (AvgIpc) is 3.23. The van der Waals surface area contributed by atoms with Crippen LogP contribution >= 0.6 is 11.6 Å². The number of piperidine rings is 1. The quantitative estimate of drug-likeness (QED) is 0.613. The van der Waals surface area contributed by atoms with Crippen molar-refractivity contribution in [3.8, 4) is 11.3 Å². The number of nitrogens with one attached hydrogen (secondary N) is 1. The molecule has 2 aliphatic rings. The molecule has 7 nitrogen and oxygen atoms in total. The normalized spacial score (nSPS) is 22.7. The number of halogens is 4. The van der Waals surface area contributed by atoms with Crippen LogP contribution in [0.5, 0.6) is 0 Å². The van der Waals surface area contributed by atoms with E-state index in [1.165, 1.54) is 12.1 Å². The summed E-state index contributed by atoms with van der Waals surface area (Å²) in [5.74, 6) is -0.244. The molecule has 2 fully saturated rings. The van der Waals surface area contributed by atoms with Crippen LogP contribution in [0.4, 0.5) is 19.0 Å². The van der Waals surface area contributed by atoms with Crippen molar-refractivity contribution in [1.29, 1.82) is 0 Å². The maximum Gasteiger partial charge on any atom is 0.433 e. The standard InChI is InChI=1S/C20H16ClF3N6O/c1-9-7-25-26-8-13(9)14-6-17(29-28-14)30-15-5-11(15)12(19(30)31)4-10-2-3-16(21)27-18(10)20(22,23)24/h2-3,6-8,11-12,15H,4-5H2,1H3,(H,28,29). The minimum atomic E-state index is -4.64. The predicted molar refractivity (Wildman–Crippen MR) is 105 cm³/mol. The summed E-state index contributed by atoms with van der Waals surface area (Å²) in [4.78, 5) is 18.2. The van der Waals surface area contributed by atoms with Crippen molar-refractivity contribution < 1.29 is 18.0 Å². The van der Waals surface area contributed by atoms with E-state index in [1.54, 1.807) is 23.4 Å². The molecule has 0 bridgehead atoms. The highest BCUT2D eigenvalue weighted by atomic mass is 35.5. The lowest BCUT2D eigenvalue weighted by molar-refractivity contribution is -0.142. The summed E-state index contributed by atoms with van der Waals surface area (Å²) in [5, 5.41) is 14.6. The highest BCUT2D eigenvalue weighted by Gasteiger charge is 2.59. The van der Waals surface area contributed by atoms with Crippen LogP contribution in [0.2, 0.25) is 5.15 Å². The van der Waals surface area contributed by atoms with Gasteiger partial charge in [-0.3, -0.25) is 14.8 Å². The van der Waals surface area contributed by atoms with Crippen molar-refractivity contribution in [3.05, 3.63) is 52.6 Å². The summed E-state index contributed by atoms with van der Waals surface area (Å²) >= 11 is 5.67. The molecule has 11 heteroatoms. The number of anilines is 1. The van der Waals surface area contributed by atoms with Crippen LogP contribution in [0.3, 0.4) is 0 Å². The number of alkyl halides is 3. The van der Waals surface area contributed by atoms with E-state index in [9.17, 15) is 18.0 Å². The second-order valence-electron chi connectivity index (χ2n) is 7.85. The molecule has 31 heavy (non-hydrogen) atoms. The fourth-order valence-corrected chi connectivity index (χ4v) is 4.47. The molecule has 0 aromatic carbocycles. The van der Waals surface area contributed by atoms with Crippen LogP contribution in [0.15, 0.2) is 30.6 Å². The Morgan fingerprint density at radius 2 is 2.03 bits per heavy atom. The third kappa shape index (κ3) is 3.44. The summed E-state index contributed by atoms with van der Waals surface area (Å²) in [7, 11) is 0. The summed E-state index contributed by atoms with van der Waals surface area (Å²) in [6.07, 6.45) is -0.724. The van der Waals surface area contributed by atoms with Gasteiger partial charge in [-0.15, -0.1) is 0 Å². The molecule has 1 saturated heterocycles. The molecule has 5 rings (SSSR count). The first kappa shape index (κ1) is 19.9. The molecule has 1 N–H and O–H groups in total. The minimum absolute atomic E-state index is 0.000315. The number of aromatic amines is 1. The maximum absolute atomic E-state index is 13.4. The molecule has 4 heterocycles. The lowest BCUT2D eigenvalue weighted by Gasteiger charge is -2.20. The van der Waals surface area contributed by atoms with E-state index in [4.69, 9.17) is 11.6 Å². The van der Waals surface area contributed by atoms with Gasteiger partial charge in [0.25, 0.3) is 0 Å². The molecule has 1 aliphatic heterocycles. The summed E-state index contributed by atoms with van der Waals surface area (Å²) in [6, 6.07) is 4.33. The van der Waals surface area contributed by atoms with Gasteiger partial charge in [-0.2, -0.15) is 28.5 Å². The van der Waals surface area contributed by atoms with Crippen molar-refractivity contribution in [2.24, 2.45) is 11.8 Å². The number of H-pyrrole nitrogens is 1. The number of amides is 1. The number of hydrogen-bond acceptors (Lipinski definition) is 5. The van der Waals surface area contributed by atoms with Crippen molar-refractivity contribution >= 4 is 23.3 Å². The zero-order chi connectivity index (χ0) is 21.9. The second-order valence-corrected chi connectivity index (χ2v) is 8.24. The number of carbonyl (C=O) groups excluding carboxylic acids is 1. The van der Waals surface area contributed by atoms with E-state index >= 15 is 0 Å². The van der Waals surface area contributed by atoms with Crippen molar-refractivity contribution in [2.45, 2.75) is 32.0 Å². The van der Waals surface area contributed by atoms with E-state index in [0.29, 0.717) is 11.5 Å². The smallest absolute Gasteiger partial charge is 0.293 e. The molecular formula is C20H16ClF3N6O. The van der Waals surface area contributed by atoms with E-state index < -0.39 is 17.8 Å². The van der Waals surface area contributed by atoms with E-state index in [0.717, 1.165) is 17.5 Å². The Labute approximate surface area is 179 Å². The summed E-state index contributed by atoms with van der Waals surface area (Å²) in [6.45, 7) is 1.88. The first-order chi connectivity index (χ1) is 14.7. The molecule has 160 valence electrons. The van der Waals surface area contributed by atoms with Gasteiger partial charge >= 0.3 is 6.18 Å². The van der Waals surface area contributed by atoms with Crippen LogP contribution in [0.25, 0.3) is 11.3 Å². The highest BCUT2D eigenvalue weighted by Crippen LogP contribution is 2.52. The van der Waals surface area contributed by atoms with Gasteiger partial charge in [0, 0.05) is 23.6 Å². The molecule has 3 unspecified atom stereocenters. The molecule has 0 radical (unpaired) electrons. The molecule has 1 saturated carbocycles. The number of nitrogens with zero attached hydrogens (tertiary/aromatic N) is 5. The maximum atomic E-state index is 13.4. The molecule has 1 amide bonds. The van der Waals surface area contributed by atoms with E-state index in [2.05, 4.69) is 25.4 Å². The zero-order valence-corrected chi connectivity index (χ0v) is 16.9. The van der Waals surface area contributed by atoms with Crippen molar-refractivity contribution in [1.82, 2.24) is 25.4 Å². The fraction of sp³-hybridized carbons (Fsp3) is 0.350. The zero-order valence-electron chi connectivity index (χ0n) is 16.2. The van der Waals surface area contributed by atoms with Crippen molar-refractivity contribution in [2.75, 3.05) is 4.90 Å². The minimum Gasteiger partial charge on any atom is -0.293 e. The van der Waals surface area contributed by atoms with Crippen LogP contribution in [-0.4, -0.2) is 37.3 Å². The Kier molecular flexibility index (Phi) is 4.51. The molecule has 3 aromatic heterocycles. The van der Waals surface area contributed by atoms with Crippen molar-refractivity contribution in [3.63, 3.8) is 0 Å². The van der Waals surface area contributed by atoms with Gasteiger partial charge in [-0.05, 0) is 42.9 Å². The van der Waals surface area contributed by atoms with Crippen LogP contribution in [0, 0.1) is 18.8 Å². The number of hydrogen-bond donors (Lipinski definition) is 1. The third-order valence-corrected chi connectivity index (χ3v) is 6.10. The Morgan fingerprint density at radius 1 is 1.26 bits per heavy atom. The number of rotatable bonds is 4. The molecule has 1 aliphatic carbocycles. The summed E-state index contributed by atoms with van der Waals surface area (Å²) in [5.41, 5.74) is 1.24. The van der Waals surface area contributed by atoms with Gasteiger partial charge < -0.3 is 0 Å².